The van der Waals surface area contributed by atoms with Crippen molar-refractivity contribution in [2.45, 2.75) is 6.54 Å². The number of para-hydroxylation sites is 1. The molecule has 0 aliphatic carbocycles. The first-order valence-corrected chi connectivity index (χ1v) is 8.79. The number of nitrogens with one attached hydrogen (secondary N) is 1. The average molecular weight is 348 g/mol. The zero-order valence-electron chi connectivity index (χ0n) is 13.6. The Balaban J connectivity index is 1.55. The summed E-state index contributed by atoms with van der Waals surface area (Å²) in [5.41, 5.74) is 3.41. The number of benzene rings is 1. The van der Waals surface area contributed by atoms with Crippen molar-refractivity contribution in [3.63, 3.8) is 0 Å². The molecule has 1 aromatic carbocycles. The van der Waals surface area contributed by atoms with E-state index in [2.05, 4.69) is 38.1 Å². The molecule has 0 aliphatic rings. The van der Waals surface area contributed by atoms with E-state index in [1.54, 1.807) is 11.6 Å². The summed E-state index contributed by atoms with van der Waals surface area (Å²) in [6.07, 6.45) is 1.71. The van der Waals surface area contributed by atoms with E-state index < -0.39 is 0 Å². The lowest BCUT2D eigenvalue weighted by atomic mass is 10.2. The maximum absolute atomic E-state index is 12.3. The molecular formula is C19H16N4OS. The second kappa shape index (κ2) is 6.49. The minimum Gasteiger partial charge on any atom is -0.345 e. The summed E-state index contributed by atoms with van der Waals surface area (Å²) >= 11 is 1.47. The van der Waals surface area contributed by atoms with Crippen LogP contribution in [-0.2, 0) is 13.6 Å². The van der Waals surface area contributed by atoms with Crippen LogP contribution in [0, 0.1) is 0 Å². The van der Waals surface area contributed by atoms with Crippen LogP contribution in [0.25, 0.3) is 21.6 Å². The van der Waals surface area contributed by atoms with Crippen molar-refractivity contribution in [1.82, 2.24) is 19.9 Å². The summed E-state index contributed by atoms with van der Waals surface area (Å²) in [6, 6.07) is 15.9. The van der Waals surface area contributed by atoms with E-state index in [1.807, 2.05) is 37.4 Å². The third-order valence-corrected chi connectivity index (χ3v) is 4.93. The van der Waals surface area contributed by atoms with Gasteiger partial charge in [0.15, 0.2) is 0 Å². The van der Waals surface area contributed by atoms with Gasteiger partial charge in [0, 0.05) is 29.5 Å². The van der Waals surface area contributed by atoms with Gasteiger partial charge < -0.3 is 9.88 Å². The molecule has 0 atom stereocenters. The van der Waals surface area contributed by atoms with Gasteiger partial charge in [0.25, 0.3) is 5.91 Å². The second-order valence-electron chi connectivity index (χ2n) is 5.69. The topological polar surface area (TPSA) is 59.8 Å². The summed E-state index contributed by atoms with van der Waals surface area (Å²) in [5, 5.41) is 6.65. The van der Waals surface area contributed by atoms with E-state index in [0.717, 1.165) is 27.3 Å². The van der Waals surface area contributed by atoms with Crippen molar-refractivity contribution < 1.29 is 4.79 Å². The lowest BCUT2D eigenvalue weighted by Crippen LogP contribution is -2.23. The molecule has 0 unspecified atom stereocenters. The smallest absolute Gasteiger partial charge is 0.271 e. The van der Waals surface area contributed by atoms with E-state index in [9.17, 15) is 4.79 Å². The van der Waals surface area contributed by atoms with Crippen LogP contribution in [0.5, 0.6) is 0 Å². The van der Waals surface area contributed by atoms with Crippen molar-refractivity contribution >= 4 is 28.1 Å². The Morgan fingerprint density at radius 2 is 2.04 bits per heavy atom. The van der Waals surface area contributed by atoms with Gasteiger partial charge in [0.2, 0.25) is 0 Å². The molecule has 1 amide bonds. The first-order chi connectivity index (χ1) is 12.2. The predicted octanol–water partition coefficient (Wildman–Crippen LogP) is 3.63. The number of hydrogen-bond donors (Lipinski definition) is 1. The van der Waals surface area contributed by atoms with Gasteiger partial charge in [0.1, 0.15) is 10.7 Å². The zero-order valence-corrected chi connectivity index (χ0v) is 14.5. The first kappa shape index (κ1) is 15.5. The Bertz CT molecular complexity index is 1040. The van der Waals surface area contributed by atoms with Gasteiger partial charge in [-0.15, -0.1) is 11.3 Å². The number of amides is 1. The Morgan fingerprint density at radius 1 is 1.20 bits per heavy atom. The maximum Gasteiger partial charge on any atom is 0.271 e. The standard InChI is InChI=1S/C19H16N4OS/c1-23-16-8-3-2-6-13(16)10-17(23)19-22-15(12-25-19)18(24)21-11-14-7-4-5-9-20-14/h2-10,12H,11H2,1H3,(H,21,24). The maximum atomic E-state index is 12.3. The van der Waals surface area contributed by atoms with Gasteiger partial charge in [-0.25, -0.2) is 4.98 Å². The van der Waals surface area contributed by atoms with Crippen LogP contribution in [0.1, 0.15) is 16.2 Å². The fraction of sp³-hybridized carbons (Fsp3) is 0.105. The Morgan fingerprint density at radius 3 is 2.84 bits per heavy atom. The number of thiazole rings is 1. The number of nitrogens with zero attached hydrogens (tertiary/aromatic N) is 3. The van der Waals surface area contributed by atoms with Crippen LogP contribution in [0.2, 0.25) is 0 Å². The number of carbonyl (C=O) groups is 1. The van der Waals surface area contributed by atoms with E-state index in [1.165, 1.54) is 11.3 Å². The quantitative estimate of drug-likeness (QED) is 0.613. The molecule has 0 aliphatic heterocycles. The van der Waals surface area contributed by atoms with Gasteiger partial charge in [0.05, 0.1) is 17.9 Å². The minimum atomic E-state index is -0.188. The number of carbonyl (C=O) groups excluding carboxylic acids is 1. The zero-order chi connectivity index (χ0) is 17.2. The summed E-state index contributed by atoms with van der Waals surface area (Å²) in [5.74, 6) is -0.188. The van der Waals surface area contributed by atoms with Crippen LogP contribution in [-0.4, -0.2) is 20.4 Å². The highest BCUT2D eigenvalue weighted by atomic mass is 32.1. The molecule has 0 spiro atoms. The van der Waals surface area contributed by atoms with Crippen molar-refractivity contribution in [2.24, 2.45) is 7.05 Å². The molecule has 0 fully saturated rings. The molecule has 0 saturated carbocycles. The minimum absolute atomic E-state index is 0.188. The van der Waals surface area contributed by atoms with Crippen LogP contribution in [0.15, 0.2) is 60.1 Å². The number of aryl methyl sites for hydroxylation is 1. The lowest BCUT2D eigenvalue weighted by molar-refractivity contribution is 0.0946. The Kier molecular flexibility index (Phi) is 4.03. The Hall–Kier alpha value is -2.99. The molecule has 0 radical (unpaired) electrons. The summed E-state index contributed by atoms with van der Waals surface area (Å²) < 4.78 is 2.10. The van der Waals surface area contributed by atoms with E-state index in [0.29, 0.717) is 12.2 Å². The first-order valence-electron chi connectivity index (χ1n) is 7.91. The highest BCUT2D eigenvalue weighted by molar-refractivity contribution is 7.13. The molecule has 4 aromatic rings. The van der Waals surface area contributed by atoms with Crippen molar-refractivity contribution in [2.75, 3.05) is 0 Å². The van der Waals surface area contributed by atoms with E-state index >= 15 is 0 Å². The van der Waals surface area contributed by atoms with Crippen LogP contribution in [0.3, 0.4) is 0 Å². The molecule has 4 rings (SSSR count). The largest absolute Gasteiger partial charge is 0.345 e. The monoisotopic (exact) mass is 348 g/mol. The number of rotatable bonds is 4. The summed E-state index contributed by atoms with van der Waals surface area (Å²) in [4.78, 5) is 21.0. The third kappa shape index (κ3) is 3.04. The SMILES string of the molecule is Cn1c(-c2nc(C(=O)NCc3ccccn3)cs2)cc2ccccc21. The van der Waals surface area contributed by atoms with Gasteiger partial charge in [-0.05, 0) is 24.3 Å². The molecule has 1 N–H and O–H groups in total. The van der Waals surface area contributed by atoms with E-state index in [-0.39, 0.29) is 5.91 Å². The highest BCUT2D eigenvalue weighted by Crippen LogP contribution is 2.29. The number of aromatic nitrogens is 3. The molecule has 25 heavy (non-hydrogen) atoms. The fourth-order valence-electron chi connectivity index (χ4n) is 2.75. The normalized spacial score (nSPS) is 10.9. The van der Waals surface area contributed by atoms with Crippen LogP contribution in [0.4, 0.5) is 0 Å². The molecule has 6 heteroatoms. The molecule has 3 heterocycles. The predicted molar refractivity (Wildman–Crippen MR) is 99.4 cm³/mol. The van der Waals surface area contributed by atoms with Gasteiger partial charge in [-0.2, -0.15) is 0 Å². The number of fused-ring (bicyclic) bond motifs is 1. The molecule has 0 bridgehead atoms. The van der Waals surface area contributed by atoms with Crippen LogP contribution < -0.4 is 5.32 Å². The molecule has 0 saturated heterocycles. The molecule has 5 nitrogen and oxygen atoms in total. The third-order valence-electron chi connectivity index (χ3n) is 4.06. The van der Waals surface area contributed by atoms with Crippen molar-refractivity contribution in [3.8, 4) is 10.7 Å². The molecule has 3 aromatic heterocycles. The van der Waals surface area contributed by atoms with Crippen molar-refractivity contribution in [3.05, 3.63) is 71.5 Å². The number of pyridine rings is 1. The number of hydrogen-bond acceptors (Lipinski definition) is 4. The van der Waals surface area contributed by atoms with Gasteiger partial charge in [-0.1, -0.05) is 24.3 Å². The van der Waals surface area contributed by atoms with Crippen molar-refractivity contribution in [1.29, 1.82) is 0 Å². The lowest BCUT2D eigenvalue weighted by Gasteiger charge is -2.02. The Labute approximate surface area is 149 Å². The van der Waals surface area contributed by atoms with Gasteiger partial charge >= 0.3 is 0 Å². The highest BCUT2D eigenvalue weighted by Gasteiger charge is 2.15. The van der Waals surface area contributed by atoms with Crippen LogP contribution >= 0.6 is 11.3 Å². The average Bonchev–Trinajstić information content (AvgIpc) is 3.26. The summed E-state index contributed by atoms with van der Waals surface area (Å²) in [7, 11) is 2.01. The summed E-state index contributed by atoms with van der Waals surface area (Å²) in [6.45, 7) is 0.389. The molecular weight excluding hydrogens is 332 g/mol. The van der Waals surface area contributed by atoms with Gasteiger partial charge in [-0.3, -0.25) is 9.78 Å². The second-order valence-corrected chi connectivity index (χ2v) is 6.55. The molecule has 124 valence electrons. The van der Waals surface area contributed by atoms with E-state index in [4.69, 9.17) is 0 Å². The fourth-order valence-corrected chi connectivity index (χ4v) is 3.60.